The summed E-state index contributed by atoms with van der Waals surface area (Å²) in [6.07, 6.45) is 3.12. The van der Waals surface area contributed by atoms with Gasteiger partial charge in [0.05, 0.1) is 12.2 Å². The molecule has 0 radical (unpaired) electrons. The molecule has 6 heteroatoms. The Labute approximate surface area is 158 Å². The summed E-state index contributed by atoms with van der Waals surface area (Å²) in [5.41, 5.74) is 1.62. The number of anilines is 2. The van der Waals surface area contributed by atoms with Gasteiger partial charge >= 0.3 is 5.97 Å². The van der Waals surface area contributed by atoms with Gasteiger partial charge in [0.15, 0.2) is 0 Å². The third-order valence-corrected chi connectivity index (χ3v) is 3.63. The summed E-state index contributed by atoms with van der Waals surface area (Å²) in [5, 5.41) is 14.7. The number of amides is 1. The lowest BCUT2D eigenvalue weighted by molar-refractivity contribution is -0.112. The van der Waals surface area contributed by atoms with Crippen LogP contribution in [0.4, 0.5) is 11.4 Å². The highest BCUT2D eigenvalue weighted by molar-refractivity contribution is 6.06. The number of unbranched alkanes of at least 4 members (excludes halogenated alkanes) is 1. The smallest absolute Gasteiger partial charge is 0.338 e. The number of nitriles is 1. The summed E-state index contributed by atoms with van der Waals surface area (Å²) in [7, 11) is 0. The number of carbonyl (C=O) groups excluding carboxylic acids is 2. The second-order valence-electron chi connectivity index (χ2n) is 5.70. The zero-order chi connectivity index (χ0) is 19.5. The van der Waals surface area contributed by atoms with Crippen LogP contribution in [0.2, 0.25) is 0 Å². The Bertz CT molecular complexity index is 837. The first-order valence-corrected chi connectivity index (χ1v) is 8.64. The minimum absolute atomic E-state index is 0.0677. The van der Waals surface area contributed by atoms with E-state index >= 15 is 0 Å². The monoisotopic (exact) mass is 363 g/mol. The van der Waals surface area contributed by atoms with Gasteiger partial charge in [0.2, 0.25) is 0 Å². The number of hydrogen-bond donors (Lipinski definition) is 2. The minimum Gasteiger partial charge on any atom is -0.462 e. The van der Waals surface area contributed by atoms with Crippen LogP contribution in [0.15, 0.2) is 66.4 Å². The molecule has 2 rings (SSSR count). The first-order chi connectivity index (χ1) is 13.1. The minimum atomic E-state index is -0.507. The van der Waals surface area contributed by atoms with E-state index in [0.717, 1.165) is 12.8 Å². The van der Waals surface area contributed by atoms with Gasteiger partial charge in [-0.2, -0.15) is 5.26 Å². The zero-order valence-corrected chi connectivity index (χ0v) is 15.1. The number of benzene rings is 2. The predicted octanol–water partition coefficient (Wildman–Crippen LogP) is 4.10. The van der Waals surface area contributed by atoms with Gasteiger partial charge in [0.1, 0.15) is 11.6 Å². The molecule has 0 saturated heterocycles. The van der Waals surface area contributed by atoms with Crippen molar-refractivity contribution in [1.82, 2.24) is 0 Å². The first-order valence-electron chi connectivity index (χ1n) is 8.64. The van der Waals surface area contributed by atoms with Crippen molar-refractivity contribution in [3.05, 3.63) is 71.9 Å². The molecule has 0 fully saturated rings. The zero-order valence-electron chi connectivity index (χ0n) is 15.1. The molecule has 2 N–H and O–H groups in total. The molecule has 1 amide bonds. The number of para-hydroxylation sites is 1. The van der Waals surface area contributed by atoms with Gasteiger partial charge in [-0.3, -0.25) is 4.79 Å². The van der Waals surface area contributed by atoms with Crippen LogP contribution in [-0.4, -0.2) is 18.5 Å². The van der Waals surface area contributed by atoms with Crippen LogP contribution in [-0.2, 0) is 9.53 Å². The lowest BCUT2D eigenvalue weighted by Crippen LogP contribution is -2.14. The van der Waals surface area contributed by atoms with Crippen LogP contribution < -0.4 is 10.6 Å². The van der Waals surface area contributed by atoms with E-state index in [9.17, 15) is 14.9 Å². The molecule has 0 unspecified atom stereocenters. The largest absolute Gasteiger partial charge is 0.462 e. The van der Waals surface area contributed by atoms with Crippen LogP contribution in [0.1, 0.15) is 30.1 Å². The van der Waals surface area contributed by atoms with Crippen molar-refractivity contribution in [2.45, 2.75) is 19.8 Å². The van der Waals surface area contributed by atoms with Crippen molar-refractivity contribution >= 4 is 23.3 Å². The number of carbonyl (C=O) groups is 2. The molecule has 6 nitrogen and oxygen atoms in total. The maximum Gasteiger partial charge on any atom is 0.338 e. The van der Waals surface area contributed by atoms with Gasteiger partial charge in [0.25, 0.3) is 5.91 Å². The molecule has 0 aliphatic carbocycles. The summed E-state index contributed by atoms with van der Waals surface area (Å²) < 4.78 is 5.14. The van der Waals surface area contributed by atoms with E-state index in [1.807, 2.05) is 19.1 Å². The summed E-state index contributed by atoms with van der Waals surface area (Å²) >= 11 is 0. The lowest BCUT2D eigenvalue weighted by Gasteiger charge is -2.06. The molecule has 0 aliphatic rings. The average Bonchev–Trinajstić information content (AvgIpc) is 2.70. The summed E-state index contributed by atoms with van der Waals surface area (Å²) in [6.45, 7) is 2.43. The Morgan fingerprint density at radius 3 is 2.41 bits per heavy atom. The van der Waals surface area contributed by atoms with Crippen molar-refractivity contribution in [2.75, 3.05) is 17.2 Å². The fraction of sp³-hybridized carbons (Fsp3) is 0.190. The molecule has 0 saturated carbocycles. The van der Waals surface area contributed by atoms with Crippen LogP contribution in [0, 0.1) is 11.3 Å². The average molecular weight is 363 g/mol. The van der Waals surface area contributed by atoms with Crippen molar-refractivity contribution in [1.29, 1.82) is 5.26 Å². The van der Waals surface area contributed by atoms with Gasteiger partial charge in [-0.1, -0.05) is 31.5 Å². The Balaban J connectivity index is 1.95. The highest BCUT2D eigenvalue weighted by Gasteiger charge is 2.09. The van der Waals surface area contributed by atoms with Crippen molar-refractivity contribution in [3.8, 4) is 6.07 Å². The molecular weight excluding hydrogens is 342 g/mol. The number of nitrogens with zero attached hydrogens (tertiary/aromatic N) is 1. The van der Waals surface area contributed by atoms with Gasteiger partial charge in [-0.15, -0.1) is 0 Å². The summed E-state index contributed by atoms with van der Waals surface area (Å²) in [4.78, 5) is 24.0. The molecule has 2 aromatic rings. The number of esters is 1. The van der Waals surface area contributed by atoms with Crippen molar-refractivity contribution in [3.63, 3.8) is 0 Å². The molecule has 27 heavy (non-hydrogen) atoms. The fourth-order valence-corrected chi connectivity index (χ4v) is 2.12. The van der Waals surface area contributed by atoms with E-state index in [1.54, 1.807) is 48.5 Å². The van der Waals surface area contributed by atoms with E-state index in [1.165, 1.54) is 6.20 Å². The molecule has 138 valence electrons. The molecule has 2 aromatic carbocycles. The number of ether oxygens (including phenoxy) is 1. The molecule has 0 aliphatic heterocycles. The molecule has 0 aromatic heterocycles. The number of hydrogen-bond acceptors (Lipinski definition) is 5. The van der Waals surface area contributed by atoms with E-state index < -0.39 is 5.91 Å². The Kier molecular flexibility index (Phi) is 7.61. The van der Waals surface area contributed by atoms with Gasteiger partial charge in [-0.05, 0) is 42.8 Å². The number of rotatable bonds is 8. The standard InChI is InChI=1S/C21H21N3O3/c1-2-3-13-27-21(26)16-9-11-18(12-10-16)23-15-17(14-22)20(25)24-19-7-5-4-6-8-19/h4-12,15,23H,2-3,13H2,1H3,(H,24,25). The summed E-state index contributed by atoms with van der Waals surface area (Å²) in [6, 6.07) is 17.4. The molecule has 0 bridgehead atoms. The molecule has 0 atom stereocenters. The highest BCUT2D eigenvalue weighted by atomic mass is 16.5. The maximum absolute atomic E-state index is 12.1. The maximum atomic E-state index is 12.1. The Morgan fingerprint density at radius 1 is 1.07 bits per heavy atom. The van der Waals surface area contributed by atoms with E-state index in [4.69, 9.17) is 4.74 Å². The molecule has 0 heterocycles. The van der Waals surface area contributed by atoms with Crippen LogP contribution in [0.25, 0.3) is 0 Å². The fourth-order valence-electron chi connectivity index (χ4n) is 2.12. The van der Waals surface area contributed by atoms with Gasteiger partial charge in [0, 0.05) is 17.6 Å². The van der Waals surface area contributed by atoms with Crippen molar-refractivity contribution in [2.24, 2.45) is 0 Å². The van der Waals surface area contributed by atoms with Gasteiger partial charge < -0.3 is 15.4 Å². The van der Waals surface area contributed by atoms with Gasteiger partial charge in [-0.25, -0.2) is 4.79 Å². The third kappa shape index (κ3) is 6.33. The molecule has 0 spiro atoms. The van der Waals surface area contributed by atoms with Crippen molar-refractivity contribution < 1.29 is 14.3 Å². The Hall–Kier alpha value is -3.59. The highest BCUT2D eigenvalue weighted by Crippen LogP contribution is 2.12. The first kappa shape index (κ1) is 19.7. The predicted molar refractivity (Wildman–Crippen MR) is 104 cm³/mol. The van der Waals surface area contributed by atoms with E-state index in [0.29, 0.717) is 23.5 Å². The molecular formula is C21H21N3O3. The Morgan fingerprint density at radius 2 is 1.78 bits per heavy atom. The van der Waals surface area contributed by atoms with Crippen LogP contribution in [0.3, 0.4) is 0 Å². The second-order valence-corrected chi connectivity index (χ2v) is 5.70. The van der Waals surface area contributed by atoms with E-state index in [2.05, 4.69) is 10.6 Å². The third-order valence-electron chi connectivity index (χ3n) is 3.63. The quantitative estimate of drug-likeness (QED) is 0.319. The van der Waals surface area contributed by atoms with Crippen LogP contribution in [0.5, 0.6) is 0 Å². The normalized spacial score (nSPS) is 10.6. The van der Waals surface area contributed by atoms with E-state index in [-0.39, 0.29) is 11.5 Å². The van der Waals surface area contributed by atoms with Crippen LogP contribution >= 0.6 is 0 Å². The second kappa shape index (κ2) is 10.4. The summed E-state index contributed by atoms with van der Waals surface area (Å²) in [5.74, 6) is -0.877. The number of nitrogens with one attached hydrogen (secondary N) is 2. The topological polar surface area (TPSA) is 91.2 Å². The SMILES string of the molecule is CCCCOC(=O)c1ccc(NC=C(C#N)C(=O)Nc2ccccc2)cc1. The lowest BCUT2D eigenvalue weighted by atomic mass is 10.2.